The molecule has 0 unspecified atom stereocenters. The Morgan fingerprint density at radius 2 is 1.52 bits per heavy atom. The van der Waals surface area contributed by atoms with E-state index in [1.54, 1.807) is 12.1 Å². The van der Waals surface area contributed by atoms with E-state index < -0.39 is 0 Å². The Morgan fingerprint density at radius 1 is 0.783 bits per heavy atom. The highest BCUT2D eigenvalue weighted by atomic mass is 19.1. The molecule has 0 fully saturated rings. The van der Waals surface area contributed by atoms with Crippen LogP contribution in [0.1, 0.15) is 5.56 Å². The zero-order valence-electron chi connectivity index (χ0n) is 12.8. The summed E-state index contributed by atoms with van der Waals surface area (Å²) in [5, 5.41) is 0.910. The van der Waals surface area contributed by atoms with E-state index in [-0.39, 0.29) is 5.82 Å². The number of fused-ring (bicyclic) bond motifs is 1. The molecular formula is C21H16FN. The van der Waals surface area contributed by atoms with Gasteiger partial charge in [0, 0.05) is 16.5 Å². The fourth-order valence-electron chi connectivity index (χ4n) is 3.01. The SMILES string of the molecule is Cc1ccc(-c2c(-c3ccccc3)[nH]c3ccc(F)cc23)cc1. The average Bonchev–Trinajstić information content (AvgIpc) is 2.95. The van der Waals surface area contributed by atoms with Gasteiger partial charge >= 0.3 is 0 Å². The highest BCUT2D eigenvalue weighted by molar-refractivity contribution is 6.03. The molecule has 2 heteroatoms. The Hall–Kier alpha value is -2.87. The van der Waals surface area contributed by atoms with Gasteiger partial charge in [0.15, 0.2) is 0 Å². The number of halogens is 1. The lowest BCUT2D eigenvalue weighted by Crippen LogP contribution is -1.83. The van der Waals surface area contributed by atoms with E-state index in [0.717, 1.165) is 33.3 Å². The first-order valence-corrected chi connectivity index (χ1v) is 7.66. The lowest BCUT2D eigenvalue weighted by molar-refractivity contribution is 0.630. The predicted molar refractivity (Wildman–Crippen MR) is 93.9 cm³/mol. The van der Waals surface area contributed by atoms with Crippen LogP contribution in [0.3, 0.4) is 0 Å². The summed E-state index contributed by atoms with van der Waals surface area (Å²) in [4.78, 5) is 3.45. The van der Waals surface area contributed by atoms with Crippen molar-refractivity contribution in [1.82, 2.24) is 4.98 Å². The van der Waals surface area contributed by atoms with Crippen LogP contribution in [0.2, 0.25) is 0 Å². The van der Waals surface area contributed by atoms with Crippen molar-refractivity contribution in [2.75, 3.05) is 0 Å². The molecule has 1 N–H and O–H groups in total. The molecule has 4 aromatic rings. The van der Waals surface area contributed by atoms with Crippen molar-refractivity contribution in [1.29, 1.82) is 0 Å². The zero-order chi connectivity index (χ0) is 15.8. The van der Waals surface area contributed by atoms with Crippen molar-refractivity contribution in [2.45, 2.75) is 6.92 Å². The van der Waals surface area contributed by atoms with E-state index in [0.29, 0.717) is 0 Å². The van der Waals surface area contributed by atoms with Crippen LogP contribution in [0.4, 0.5) is 4.39 Å². The van der Waals surface area contributed by atoms with E-state index in [9.17, 15) is 4.39 Å². The molecular weight excluding hydrogens is 285 g/mol. The van der Waals surface area contributed by atoms with Gasteiger partial charge in [-0.1, -0.05) is 60.2 Å². The van der Waals surface area contributed by atoms with E-state index in [1.807, 2.05) is 18.2 Å². The van der Waals surface area contributed by atoms with Crippen LogP contribution in [0.15, 0.2) is 72.8 Å². The molecule has 1 aromatic heterocycles. The van der Waals surface area contributed by atoms with Gasteiger partial charge in [0.05, 0.1) is 5.69 Å². The van der Waals surface area contributed by atoms with Crippen molar-refractivity contribution in [3.8, 4) is 22.4 Å². The third-order valence-corrected chi connectivity index (χ3v) is 4.16. The topological polar surface area (TPSA) is 15.8 Å². The summed E-state index contributed by atoms with van der Waals surface area (Å²) in [6, 6.07) is 23.4. The van der Waals surface area contributed by atoms with Crippen LogP contribution in [0.5, 0.6) is 0 Å². The van der Waals surface area contributed by atoms with Gasteiger partial charge in [0.25, 0.3) is 0 Å². The molecule has 0 spiro atoms. The summed E-state index contributed by atoms with van der Waals surface area (Å²) >= 11 is 0. The maximum Gasteiger partial charge on any atom is 0.123 e. The monoisotopic (exact) mass is 301 g/mol. The third kappa shape index (κ3) is 2.42. The highest BCUT2D eigenvalue weighted by Gasteiger charge is 2.15. The van der Waals surface area contributed by atoms with E-state index >= 15 is 0 Å². The van der Waals surface area contributed by atoms with Gasteiger partial charge in [-0.25, -0.2) is 4.39 Å². The average molecular weight is 301 g/mol. The number of rotatable bonds is 2. The molecule has 0 aliphatic heterocycles. The van der Waals surface area contributed by atoms with Gasteiger partial charge in [-0.15, -0.1) is 0 Å². The first-order valence-electron chi connectivity index (χ1n) is 7.66. The Morgan fingerprint density at radius 3 is 2.26 bits per heavy atom. The minimum atomic E-state index is -0.218. The van der Waals surface area contributed by atoms with Crippen molar-refractivity contribution >= 4 is 10.9 Å². The fraction of sp³-hybridized carbons (Fsp3) is 0.0476. The smallest absolute Gasteiger partial charge is 0.123 e. The molecule has 23 heavy (non-hydrogen) atoms. The van der Waals surface area contributed by atoms with Crippen molar-refractivity contribution in [3.05, 3.63) is 84.2 Å². The number of aryl methyl sites for hydroxylation is 1. The second-order valence-corrected chi connectivity index (χ2v) is 5.80. The second kappa shape index (κ2) is 5.40. The molecule has 3 aromatic carbocycles. The molecule has 0 aliphatic rings. The summed E-state index contributed by atoms with van der Waals surface area (Å²) in [7, 11) is 0. The van der Waals surface area contributed by atoms with E-state index in [4.69, 9.17) is 0 Å². The maximum atomic E-state index is 13.8. The molecule has 0 atom stereocenters. The van der Waals surface area contributed by atoms with Gasteiger partial charge in [0.2, 0.25) is 0 Å². The summed E-state index contributed by atoms with van der Waals surface area (Å²) < 4.78 is 13.8. The van der Waals surface area contributed by atoms with E-state index in [2.05, 4.69) is 48.3 Å². The molecule has 0 aliphatic carbocycles. The standard InChI is InChI=1S/C21H16FN/c1-14-7-9-15(10-8-14)20-18-13-17(22)11-12-19(18)23-21(20)16-5-3-2-4-6-16/h2-13,23H,1H3. The quantitative estimate of drug-likeness (QED) is 0.471. The molecule has 0 saturated carbocycles. The Labute approximate surface area is 134 Å². The summed E-state index contributed by atoms with van der Waals surface area (Å²) in [5.41, 5.74) is 6.41. The first kappa shape index (κ1) is 13.8. The zero-order valence-corrected chi connectivity index (χ0v) is 12.8. The van der Waals surface area contributed by atoms with Crippen LogP contribution in [-0.2, 0) is 0 Å². The number of hydrogen-bond donors (Lipinski definition) is 1. The largest absolute Gasteiger partial charge is 0.354 e. The highest BCUT2D eigenvalue weighted by Crippen LogP contribution is 2.38. The van der Waals surface area contributed by atoms with Gasteiger partial charge in [-0.2, -0.15) is 0 Å². The predicted octanol–water partition coefficient (Wildman–Crippen LogP) is 5.95. The lowest BCUT2D eigenvalue weighted by Gasteiger charge is -2.06. The number of nitrogens with one attached hydrogen (secondary N) is 1. The minimum Gasteiger partial charge on any atom is -0.354 e. The van der Waals surface area contributed by atoms with Gasteiger partial charge < -0.3 is 4.98 Å². The molecule has 0 bridgehead atoms. The summed E-state index contributed by atoms with van der Waals surface area (Å²) in [6.07, 6.45) is 0. The normalized spacial score (nSPS) is 11.0. The molecule has 4 rings (SSSR count). The van der Waals surface area contributed by atoms with E-state index in [1.165, 1.54) is 11.6 Å². The molecule has 0 radical (unpaired) electrons. The molecule has 1 heterocycles. The molecule has 112 valence electrons. The van der Waals surface area contributed by atoms with Gasteiger partial charge in [-0.3, -0.25) is 0 Å². The van der Waals surface area contributed by atoms with Crippen LogP contribution in [0.25, 0.3) is 33.3 Å². The molecule has 1 nitrogen and oxygen atoms in total. The van der Waals surface area contributed by atoms with Crippen LogP contribution in [-0.4, -0.2) is 4.98 Å². The van der Waals surface area contributed by atoms with Crippen molar-refractivity contribution < 1.29 is 4.39 Å². The number of benzene rings is 3. The molecule has 0 amide bonds. The number of aromatic nitrogens is 1. The fourth-order valence-corrected chi connectivity index (χ4v) is 3.01. The van der Waals surface area contributed by atoms with Crippen LogP contribution < -0.4 is 0 Å². The van der Waals surface area contributed by atoms with Crippen LogP contribution >= 0.6 is 0 Å². The first-order chi connectivity index (χ1) is 11.2. The Bertz CT molecular complexity index is 966. The number of aromatic amines is 1. The van der Waals surface area contributed by atoms with Gasteiger partial charge in [-0.05, 0) is 36.2 Å². The Kier molecular flexibility index (Phi) is 3.23. The lowest BCUT2D eigenvalue weighted by atomic mass is 9.97. The van der Waals surface area contributed by atoms with Crippen molar-refractivity contribution in [2.24, 2.45) is 0 Å². The van der Waals surface area contributed by atoms with Crippen molar-refractivity contribution in [3.63, 3.8) is 0 Å². The maximum absolute atomic E-state index is 13.8. The summed E-state index contributed by atoms with van der Waals surface area (Å²) in [5.74, 6) is -0.218. The minimum absolute atomic E-state index is 0.218. The molecule has 0 saturated heterocycles. The van der Waals surface area contributed by atoms with Gasteiger partial charge in [0.1, 0.15) is 5.82 Å². The number of H-pyrrole nitrogens is 1. The third-order valence-electron chi connectivity index (χ3n) is 4.16. The Balaban J connectivity index is 2.06. The van der Waals surface area contributed by atoms with Crippen LogP contribution in [0, 0.1) is 12.7 Å². The summed E-state index contributed by atoms with van der Waals surface area (Å²) in [6.45, 7) is 2.07. The number of hydrogen-bond acceptors (Lipinski definition) is 0. The second-order valence-electron chi connectivity index (χ2n) is 5.80.